The Morgan fingerprint density at radius 1 is 0.933 bits per heavy atom. The molecule has 1 aromatic heterocycles. The van der Waals surface area contributed by atoms with E-state index in [9.17, 15) is 10.5 Å². The summed E-state index contributed by atoms with van der Waals surface area (Å²) in [5.74, 6) is 0.419. The molecule has 0 saturated carbocycles. The Morgan fingerprint density at radius 2 is 1.53 bits per heavy atom. The van der Waals surface area contributed by atoms with Crippen molar-refractivity contribution < 1.29 is 9.84 Å². The lowest BCUT2D eigenvalue weighted by Crippen LogP contribution is -2.12. The summed E-state index contributed by atoms with van der Waals surface area (Å²) in [5.41, 5.74) is 2.55. The average molecular weight is 400 g/mol. The van der Waals surface area contributed by atoms with Crippen LogP contribution in [0.4, 0.5) is 5.82 Å². The third kappa shape index (κ3) is 5.35. The number of hydrogen-bond donors (Lipinski definition) is 2. The van der Waals surface area contributed by atoms with Gasteiger partial charge >= 0.3 is 0 Å². The van der Waals surface area contributed by atoms with Gasteiger partial charge < -0.3 is 15.2 Å². The SMILES string of the molecule is CC.N#Cc1c(NCCO)nc(OCc2ccccc2)c(C#N)c1-c1ccccc1. The zero-order chi connectivity index (χ0) is 21.8. The van der Waals surface area contributed by atoms with E-state index in [4.69, 9.17) is 9.84 Å². The van der Waals surface area contributed by atoms with Gasteiger partial charge in [0.1, 0.15) is 35.7 Å². The molecule has 0 radical (unpaired) electrons. The quantitative estimate of drug-likeness (QED) is 0.605. The number of aromatic nitrogens is 1. The Bertz CT molecular complexity index is 1020. The van der Waals surface area contributed by atoms with Crippen LogP contribution in [-0.2, 0) is 6.61 Å². The standard InChI is InChI=1S/C22H18N4O2.C2H6/c23-13-18-20(17-9-5-2-6-10-17)19(14-24)22(26-21(18)25-11-12-27)28-15-16-7-3-1-4-8-16;1-2/h1-10,27H,11-12,15H2,(H,25,26);1-2H3. The predicted octanol–water partition coefficient (Wildman–Crippen LogP) is 4.50. The van der Waals surface area contributed by atoms with Crippen molar-refractivity contribution in [3.8, 4) is 29.1 Å². The first-order valence-corrected chi connectivity index (χ1v) is 9.73. The minimum Gasteiger partial charge on any atom is -0.472 e. The Morgan fingerprint density at radius 3 is 2.10 bits per heavy atom. The van der Waals surface area contributed by atoms with Crippen molar-refractivity contribution in [2.24, 2.45) is 0 Å². The molecule has 3 aromatic rings. The van der Waals surface area contributed by atoms with Crippen LogP contribution in [0.2, 0.25) is 0 Å². The molecule has 2 aromatic carbocycles. The van der Waals surface area contributed by atoms with Gasteiger partial charge in [-0.3, -0.25) is 0 Å². The van der Waals surface area contributed by atoms with E-state index < -0.39 is 0 Å². The van der Waals surface area contributed by atoms with E-state index >= 15 is 0 Å². The monoisotopic (exact) mass is 400 g/mol. The summed E-state index contributed by atoms with van der Waals surface area (Å²) < 4.78 is 5.85. The van der Waals surface area contributed by atoms with Crippen LogP contribution >= 0.6 is 0 Å². The maximum absolute atomic E-state index is 9.80. The summed E-state index contributed by atoms with van der Waals surface area (Å²) in [5, 5.41) is 31.6. The van der Waals surface area contributed by atoms with E-state index in [1.54, 1.807) is 0 Å². The second kappa shape index (κ2) is 11.9. The number of anilines is 1. The third-order valence-corrected chi connectivity index (χ3v) is 4.07. The van der Waals surface area contributed by atoms with E-state index in [1.807, 2.05) is 74.5 Å². The molecule has 0 bridgehead atoms. The Labute approximate surface area is 177 Å². The summed E-state index contributed by atoms with van der Waals surface area (Å²) >= 11 is 0. The predicted molar refractivity (Wildman–Crippen MR) is 117 cm³/mol. The number of ether oxygens (including phenoxy) is 1. The van der Waals surface area contributed by atoms with Crippen LogP contribution in [0.25, 0.3) is 11.1 Å². The van der Waals surface area contributed by atoms with Crippen LogP contribution in [0.1, 0.15) is 30.5 Å². The van der Waals surface area contributed by atoms with Crippen LogP contribution in [0.5, 0.6) is 5.88 Å². The van der Waals surface area contributed by atoms with E-state index in [1.165, 1.54) is 0 Å². The minimum absolute atomic E-state index is 0.118. The molecule has 0 unspecified atom stereocenters. The van der Waals surface area contributed by atoms with E-state index in [0.717, 1.165) is 11.1 Å². The van der Waals surface area contributed by atoms with Gasteiger partial charge in [-0.15, -0.1) is 0 Å². The van der Waals surface area contributed by atoms with Gasteiger partial charge in [0, 0.05) is 12.1 Å². The van der Waals surface area contributed by atoms with Gasteiger partial charge in [-0.2, -0.15) is 15.5 Å². The summed E-state index contributed by atoms with van der Waals surface area (Å²) in [6.45, 7) is 4.34. The minimum atomic E-state index is -0.118. The second-order valence-electron chi connectivity index (χ2n) is 5.90. The molecule has 6 nitrogen and oxygen atoms in total. The fraction of sp³-hybridized carbons (Fsp3) is 0.208. The van der Waals surface area contributed by atoms with E-state index in [-0.39, 0.29) is 42.6 Å². The lowest BCUT2D eigenvalue weighted by molar-refractivity contribution is 0.293. The van der Waals surface area contributed by atoms with Crippen LogP contribution in [0.15, 0.2) is 60.7 Å². The molecule has 6 heteroatoms. The summed E-state index contributed by atoms with van der Waals surface area (Å²) in [4.78, 5) is 4.36. The van der Waals surface area contributed by atoms with Crippen molar-refractivity contribution in [3.63, 3.8) is 0 Å². The first-order valence-electron chi connectivity index (χ1n) is 9.73. The van der Waals surface area contributed by atoms with Crippen molar-refractivity contribution in [2.45, 2.75) is 20.5 Å². The molecule has 0 fully saturated rings. The highest BCUT2D eigenvalue weighted by Crippen LogP contribution is 2.36. The first-order chi connectivity index (χ1) is 14.8. The van der Waals surface area contributed by atoms with Gasteiger partial charge in [0.05, 0.1) is 6.61 Å². The number of nitriles is 2. The van der Waals surface area contributed by atoms with Gasteiger partial charge in [-0.25, -0.2) is 0 Å². The molecule has 1 heterocycles. The number of nitrogens with zero attached hydrogens (tertiary/aromatic N) is 3. The number of nitrogens with one attached hydrogen (secondary N) is 1. The largest absolute Gasteiger partial charge is 0.472 e. The first kappa shape index (κ1) is 22.4. The van der Waals surface area contributed by atoms with Crippen LogP contribution < -0.4 is 10.1 Å². The van der Waals surface area contributed by atoms with Crippen molar-refractivity contribution in [1.29, 1.82) is 10.5 Å². The van der Waals surface area contributed by atoms with E-state index in [2.05, 4.69) is 22.4 Å². The Kier molecular flexibility index (Phi) is 8.86. The van der Waals surface area contributed by atoms with Crippen molar-refractivity contribution in [1.82, 2.24) is 4.98 Å². The number of aliphatic hydroxyl groups is 1. The molecular weight excluding hydrogens is 376 g/mol. The molecule has 0 aliphatic heterocycles. The number of benzene rings is 2. The van der Waals surface area contributed by atoms with Gasteiger partial charge in [-0.05, 0) is 11.1 Å². The van der Waals surface area contributed by atoms with Crippen LogP contribution in [0.3, 0.4) is 0 Å². The highest BCUT2D eigenvalue weighted by atomic mass is 16.5. The van der Waals surface area contributed by atoms with Crippen LogP contribution in [-0.4, -0.2) is 23.2 Å². The zero-order valence-electron chi connectivity index (χ0n) is 17.1. The molecule has 3 rings (SSSR count). The molecule has 0 amide bonds. The molecule has 0 atom stereocenters. The zero-order valence-corrected chi connectivity index (χ0v) is 17.1. The van der Waals surface area contributed by atoms with E-state index in [0.29, 0.717) is 5.56 Å². The average Bonchev–Trinajstić information content (AvgIpc) is 2.83. The van der Waals surface area contributed by atoms with Crippen molar-refractivity contribution in [3.05, 3.63) is 77.4 Å². The number of hydrogen-bond acceptors (Lipinski definition) is 6. The highest BCUT2D eigenvalue weighted by Gasteiger charge is 2.22. The normalized spacial score (nSPS) is 9.50. The van der Waals surface area contributed by atoms with Crippen LogP contribution in [0, 0.1) is 22.7 Å². The lowest BCUT2D eigenvalue weighted by Gasteiger charge is -2.16. The third-order valence-electron chi connectivity index (χ3n) is 4.07. The smallest absolute Gasteiger partial charge is 0.234 e. The number of aliphatic hydroxyl groups excluding tert-OH is 1. The number of rotatable bonds is 7. The Hall–Kier alpha value is -3.87. The molecule has 152 valence electrons. The molecule has 30 heavy (non-hydrogen) atoms. The lowest BCUT2D eigenvalue weighted by atomic mass is 9.96. The van der Waals surface area contributed by atoms with Gasteiger partial charge in [0.15, 0.2) is 0 Å². The molecule has 2 N–H and O–H groups in total. The second-order valence-corrected chi connectivity index (χ2v) is 5.90. The molecule has 0 aliphatic rings. The Balaban J connectivity index is 0.00000155. The summed E-state index contributed by atoms with van der Waals surface area (Å²) in [6, 6.07) is 23.0. The van der Waals surface area contributed by atoms with Crippen molar-refractivity contribution >= 4 is 5.82 Å². The summed E-state index contributed by atoms with van der Waals surface area (Å²) in [6.07, 6.45) is 0. The maximum Gasteiger partial charge on any atom is 0.234 e. The molecule has 0 saturated heterocycles. The summed E-state index contributed by atoms with van der Waals surface area (Å²) in [7, 11) is 0. The fourth-order valence-corrected chi connectivity index (χ4v) is 2.80. The number of pyridine rings is 1. The van der Waals surface area contributed by atoms with Gasteiger partial charge in [0.2, 0.25) is 5.88 Å². The molecule has 0 spiro atoms. The highest BCUT2D eigenvalue weighted by molar-refractivity contribution is 5.83. The molecule has 0 aliphatic carbocycles. The van der Waals surface area contributed by atoms with Crippen molar-refractivity contribution in [2.75, 3.05) is 18.5 Å². The van der Waals surface area contributed by atoms with Gasteiger partial charge in [-0.1, -0.05) is 74.5 Å². The topological polar surface area (TPSA) is 102 Å². The van der Waals surface area contributed by atoms with Gasteiger partial charge in [0.25, 0.3) is 0 Å². The molecular formula is C24H24N4O2. The fourth-order valence-electron chi connectivity index (χ4n) is 2.80. The maximum atomic E-state index is 9.80.